The maximum Gasteiger partial charge on any atom is 0.141 e. The summed E-state index contributed by atoms with van der Waals surface area (Å²) >= 11 is 0. The van der Waals surface area contributed by atoms with Crippen LogP contribution in [0, 0.1) is 0 Å². The Morgan fingerprint density at radius 3 is 3.10 bits per heavy atom. The topological polar surface area (TPSA) is 42.0 Å². The molecule has 1 N–H and O–H groups in total. The van der Waals surface area contributed by atoms with Gasteiger partial charge in [-0.3, -0.25) is 9.78 Å². The van der Waals surface area contributed by atoms with Gasteiger partial charge in [-0.2, -0.15) is 0 Å². The predicted molar refractivity (Wildman–Crippen MR) is 79.8 cm³/mol. The molecule has 0 aromatic carbocycles. The quantitative estimate of drug-likeness (QED) is 0.916. The number of nitrogens with one attached hydrogen (secondary N) is 1. The van der Waals surface area contributed by atoms with E-state index in [9.17, 15) is 4.79 Å². The fourth-order valence-corrected chi connectivity index (χ4v) is 3.58. The number of Topliss-reactive ketones (excluding diaryl/α,β-unsaturated/α-hetero) is 1. The van der Waals surface area contributed by atoms with Crippen molar-refractivity contribution in [3.8, 4) is 0 Å². The standard InChI is InChI=1S/C17H24N2O/c20-16(10-9-14-7-1-2-11-18-14)15-8-3-5-13-6-4-12-19-17(13)15/h4,6,12,14-15,18H,1-3,5,7-11H2. The van der Waals surface area contributed by atoms with Gasteiger partial charge in [0.25, 0.3) is 0 Å². The first-order chi connectivity index (χ1) is 9.84. The minimum atomic E-state index is 0.0588. The lowest BCUT2D eigenvalue weighted by molar-refractivity contribution is -0.121. The summed E-state index contributed by atoms with van der Waals surface area (Å²) in [6.45, 7) is 1.12. The van der Waals surface area contributed by atoms with E-state index >= 15 is 0 Å². The molecule has 0 bridgehead atoms. The van der Waals surface area contributed by atoms with Crippen LogP contribution in [-0.4, -0.2) is 23.4 Å². The predicted octanol–water partition coefficient (Wildman–Crippen LogP) is 2.99. The van der Waals surface area contributed by atoms with E-state index in [1.54, 1.807) is 0 Å². The van der Waals surface area contributed by atoms with Gasteiger partial charge in [0.05, 0.1) is 11.6 Å². The first-order valence-corrected chi connectivity index (χ1v) is 8.04. The Kier molecular flexibility index (Phi) is 4.46. The summed E-state index contributed by atoms with van der Waals surface area (Å²) < 4.78 is 0. The second-order valence-corrected chi connectivity index (χ2v) is 6.14. The Labute approximate surface area is 121 Å². The average Bonchev–Trinajstić information content (AvgIpc) is 2.53. The largest absolute Gasteiger partial charge is 0.314 e. The number of aromatic nitrogens is 1. The fraction of sp³-hybridized carbons (Fsp3) is 0.647. The molecule has 2 heterocycles. The van der Waals surface area contributed by atoms with E-state index in [4.69, 9.17) is 0 Å². The minimum absolute atomic E-state index is 0.0588. The summed E-state index contributed by atoms with van der Waals surface area (Å²) in [5.74, 6) is 0.459. The van der Waals surface area contributed by atoms with E-state index in [0.717, 1.165) is 37.9 Å². The number of rotatable bonds is 4. The van der Waals surface area contributed by atoms with Crippen molar-refractivity contribution < 1.29 is 4.79 Å². The molecule has 0 radical (unpaired) electrons. The van der Waals surface area contributed by atoms with Crippen LogP contribution in [-0.2, 0) is 11.2 Å². The Hall–Kier alpha value is -1.22. The number of ketones is 1. The number of aryl methyl sites for hydroxylation is 1. The zero-order valence-electron chi connectivity index (χ0n) is 12.1. The number of nitrogens with zero attached hydrogens (tertiary/aromatic N) is 1. The third kappa shape index (κ3) is 3.09. The van der Waals surface area contributed by atoms with Gasteiger partial charge in [-0.15, -0.1) is 0 Å². The molecular formula is C17H24N2O. The number of hydrogen-bond donors (Lipinski definition) is 1. The molecule has 1 aliphatic carbocycles. The molecule has 3 nitrogen and oxygen atoms in total. The minimum Gasteiger partial charge on any atom is -0.314 e. The molecule has 1 fully saturated rings. The molecule has 2 unspecified atom stereocenters. The molecule has 0 saturated carbocycles. The molecule has 1 aromatic rings. The Morgan fingerprint density at radius 2 is 2.25 bits per heavy atom. The summed E-state index contributed by atoms with van der Waals surface area (Å²) in [6.07, 6.45) is 10.5. The highest BCUT2D eigenvalue weighted by Crippen LogP contribution is 2.31. The van der Waals surface area contributed by atoms with Crippen molar-refractivity contribution in [2.24, 2.45) is 0 Å². The van der Waals surface area contributed by atoms with Crippen molar-refractivity contribution in [2.45, 2.75) is 63.3 Å². The Balaban J connectivity index is 1.60. The fourth-order valence-electron chi connectivity index (χ4n) is 3.58. The van der Waals surface area contributed by atoms with Crippen molar-refractivity contribution in [1.29, 1.82) is 0 Å². The summed E-state index contributed by atoms with van der Waals surface area (Å²) in [4.78, 5) is 17.0. The van der Waals surface area contributed by atoms with Gasteiger partial charge in [-0.05, 0) is 56.7 Å². The number of pyridine rings is 1. The lowest BCUT2D eigenvalue weighted by Crippen LogP contribution is -2.34. The van der Waals surface area contributed by atoms with E-state index in [-0.39, 0.29) is 5.92 Å². The van der Waals surface area contributed by atoms with Crippen LogP contribution >= 0.6 is 0 Å². The summed E-state index contributed by atoms with van der Waals surface area (Å²) in [6, 6.07) is 4.67. The van der Waals surface area contributed by atoms with Gasteiger partial charge in [0.2, 0.25) is 0 Å². The summed E-state index contributed by atoms with van der Waals surface area (Å²) in [7, 11) is 0. The highest BCUT2D eigenvalue weighted by atomic mass is 16.1. The maximum absolute atomic E-state index is 12.5. The molecule has 2 aliphatic rings. The molecule has 1 aliphatic heterocycles. The third-order valence-electron chi connectivity index (χ3n) is 4.74. The van der Waals surface area contributed by atoms with Crippen LogP contribution in [0.5, 0.6) is 0 Å². The van der Waals surface area contributed by atoms with Crippen molar-refractivity contribution in [1.82, 2.24) is 10.3 Å². The lowest BCUT2D eigenvalue weighted by Gasteiger charge is -2.26. The van der Waals surface area contributed by atoms with Crippen molar-refractivity contribution in [2.75, 3.05) is 6.54 Å². The lowest BCUT2D eigenvalue weighted by atomic mass is 9.82. The number of carbonyl (C=O) groups is 1. The van der Waals surface area contributed by atoms with Crippen LogP contribution in [0.4, 0.5) is 0 Å². The van der Waals surface area contributed by atoms with E-state index in [2.05, 4.69) is 16.4 Å². The molecule has 1 aromatic heterocycles. The van der Waals surface area contributed by atoms with Crippen LogP contribution in [0.1, 0.15) is 62.1 Å². The SMILES string of the molecule is O=C(CCC1CCCCN1)C1CCCc2cccnc21. The van der Waals surface area contributed by atoms with Gasteiger partial charge < -0.3 is 5.32 Å². The first kappa shape index (κ1) is 13.7. The Bertz CT molecular complexity index is 466. The molecule has 2 atom stereocenters. The highest BCUT2D eigenvalue weighted by Gasteiger charge is 2.27. The normalized spacial score (nSPS) is 26.0. The maximum atomic E-state index is 12.5. The van der Waals surface area contributed by atoms with Crippen LogP contribution in [0.25, 0.3) is 0 Å². The molecule has 20 heavy (non-hydrogen) atoms. The summed E-state index contributed by atoms with van der Waals surface area (Å²) in [5, 5.41) is 3.53. The third-order valence-corrected chi connectivity index (χ3v) is 4.74. The Morgan fingerprint density at radius 1 is 1.30 bits per heavy atom. The average molecular weight is 272 g/mol. The first-order valence-electron chi connectivity index (χ1n) is 8.04. The monoisotopic (exact) mass is 272 g/mol. The van der Waals surface area contributed by atoms with Crippen molar-refractivity contribution >= 4 is 5.78 Å². The van der Waals surface area contributed by atoms with Gasteiger partial charge >= 0.3 is 0 Å². The highest BCUT2D eigenvalue weighted by molar-refractivity contribution is 5.85. The van der Waals surface area contributed by atoms with Crippen molar-refractivity contribution in [3.63, 3.8) is 0 Å². The van der Waals surface area contributed by atoms with Gasteiger partial charge in [0.15, 0.2) is 0 Å². The van der Waals surface area contributed by atoms with E-state index in [1.165, 1.54) is 24.8 Å². The van der Waals surface area contributed by atoms with Crippen LogP contribution in [0.2, 0.25) is 0 Å². The number of hydrogen-bond acceptors (Lipinski definition) is 3. The van der Waals surface area contributed by atoms with Crippen molar-refractivity contribution in [3.05, 3.63) is 29.6 Å². The van der Waals surface area contributed by atoms with Gasteiger partial charge in [-0.25, -0.2) is 0 Å². The molecule has 0 spiro atoms. The molecular weight excluding hydrogens is 248 g/mol. The molecule has 3 rings (SSSR count). The van der Waals surface area contributed by atoms with Crippen LogP contribution < -0.4 is 5.32 Å². The molecule has 1 saturated heterocycles. The molecule has 0 amide bonds. The number of piperidine rings is 1. The molecule has 108 valence electrons. The van der Waals surface area contributed by atoms with Gasteiger partial charge in [0.1, 0.15) is 5.78 Å². The van der Waals surface area contributed by atoms with E-state index in [0.29, 0.717) is 18.2 Å². The second-order valence-electron chi connectivity index (χ2n) is 6.14. The van der Waals surface area contributed by atoms with Crippen LogP contribution in [0.3, 0.4) is 0 Å². The second kappa shape index (κ2) is 6.49. The van der Waals surface area contributed by atoms with Gasteiger partial charge in [-0.1, -0.05) is 12.5 Å². The smallest absolute Gasteiger partial charge is 0.141 e. The number of carbonyl (C=O) groups excluding carboxylic acids is 1. The molecule has 3 heteroatoms. The zero-order chi connectivity index (χ0) is 13.8. The number of fused-ring (bicyclic) bond motifs is 1. The summed E-state index contributed by atoms with van der Waals surface area (Å²) in [5.41, 5.74) is 2.34. The van der Waals surface area contributed by atoms with E-state index < -0.39 is 0 Å². The van der Waals surface area contributed by atoms with Gasteiger partial charge in [0, 0.05) is 18.7 Å². The van der Waals surface area contributed by atoms with E-state index in [1.807, 2.05) is 12.3 Å². The van der Waals surface area contributed by atoms with Crippen LogP contribution in [0.15, 0.2) is 18.3 Å². The zero-order valence-corrected chi connectivity index (χ0v) is 12.1.